The summed E-state index contributed by atoms with van der Waals surface area (Å²) in [4.78, 5) is 22.2. The highest BCUT2D eigenvalue weighted by atomic mass is 16.4. The summed E-state index contributed by atoms with van der Waals surface area (Å²) in [7, 11) is 0. The van der Waals surface area contributed by atoms with E-state index in [0.717, 1.165) is 37.1 Å². The van der Waals surface area contributed by atoms with Crippen molar-refractivity contribution in [3.8, 4) is 40.1 Å². The van der Waals surface area contributed by atoms with Gasteiger partial charge in [0.05, 0.1) is 0 Å². The van der Waals surface area contributed by atoms with Crippen molar-refractivity contribution in [2.45, 2.75) is 45.4 Å². The summed E-state index contributed by atoms with van der Waals surface area (Å²) in [5.41, 5.74) is -0.890. The first-order chi connectivity index (χ1) is 15.1. The fourth-order valence-electron chi connectivity index (χ4n) is 3.02. The second-order valence-electron chi connectivity index (χ2n) is 7.21. The lowest BCUT2D eigenvalue weighted by Gasteiger charge is -2.08. The minimum absolute atomic E-state index is 0.134. The van der Waals surface area contributed by atoms with Gasteiger partial charge >= 0.3 is 5.97 Å². The molecule has 0 saturated heterocycles. The fourth-order valence-corrected chi connectivity index (χ4v) is 3.02. The molecule has 0 fully saturated rings. The van der Waals surface area contributed by atoms with Crippen molar-refractivity contribution in [2.24, 2.45) is 0 Å². The topological polar surface area (TPSA) is 169 Å². The van der Waals surface area contributed by atoms with Crippen LogP contribution in [0.3, 0.4) is 0 Å². The highest BCUT2D eigenvalue weighted by Gasteiger charge is 2.19. The SMILES string of the molecule is CCCCCCCC(=O)O.O=c1c(O)c(-c2ccc(O)c(O)c2)oc2cc(O)cc(O)c12. The monoisotopic (exact) mass is 446 g/mol. The van der Waals surface area contributed by atoms with E-state index in [4.69, 9.17) is 9.52 Å². The van der Waals surface area contributed by atoms with Crippen LogP contribution in [-0.4, -0.2) is 36.6 Å². The van der Waals surface area contributed by atoms with Crippen LogP contribution >= 0.6 is 0 Å². The van der Waals surface area contributed by atoms with E-state index < -0.39 is 28.6 Å². The lowest BCUT2D eigenvalue weighted by Crippen LogP contribution is -2.02. The molecule has 0 atom stereocenters. The van der Waals surface area contributed by atoms with Crippen molar-refractivity contribution in [1.82, 2.24) is 0 Å². The van der Waals surface area contributed by atoms with E-state index in [-0.39, 0.29) is 33.8 Å². The van der Waals surface area contributed by atoms with E-state index in [1.54, 1.807) is 0 Å². The molecule has 0 aliphatic heterocycles. The van der Waals surface area contributed by atoms with Gasteiger partial charge in [-0.05, 0) is 24.6 Å². The van der Waals surface area contributed by atoms with Crippen LogP contribution in [0.15, 0.2) is 39.5 Å². The summed E-state index contributed by atoms with van der Waals surface area (Å²) >= 11 is 0. The predicted molar refractivity (Wildman–Crippen MR) is 117 cm³/mol. The van der Waals surface area contributed by atoms with Crippen molar-refractivity contribution >= 4 is 16.9 Å². The maximum Gasteiger partial charge on any atom is 0.303 e. The third kappa shape index (κ3) is 6.07. The number of rotatable bonds is 7. The van der Waals surface area contributed by atoms with E-state index in [2.05, 4.69) is 6.92 Å². The Balaban J connectivity index is 0.000000309. The van der Waals surface area contributed by atoms with Crippen LogP contribution < -0.4 is 5.43 Å². The van der Waals surface area contributed by atoms with E-state index in [9.17, 15) is 35.1 Å². The lowest BCUT2D eigenvalue weighted by molar-refractivity contribution is -0.137. The normalized spacial score (nSPS) is 10.5. The summed E-state index contributed by atoms with van der Waals surface area (Å²) in [6.07, 6.45) is 5.88. The molecule has 1 heterocycles. The van der Waals surface area contributed by atoms with Gasteiger partial charge in [-0.25, -0.2) is 0 Å². The highest BCUT2D eigenvalue weighted by Crippen LogP contribution is 2.37. The van der Waals surface area contributed by atoms with Gasteiger partial charge in [-0.1, -0.05) is 32.6 Å². The fraction of sp³-hybridized carbons (Fsp3) is 0.304. The molecule has 172 valence electrons. The molecule has 2 aromatic carbocycles. The molecule has 0 aliphatic carbocycles. The number of unbranched alkanes of at least 4 members (excludes halogenated alkanes) is 4. The van der Waals surface area contributed by atoms with Gasteiger partial charge in [-0.3, -0.25) is 9.59 Å². The molecule has 0 radical (unpaired) electrons. The molecule has 3 rings (SSSR count). The molecule has 0 spiro atoms. The Morgan fingerprint density at radius 1 is 0.875 bits per heavy atom. The number of phenols is 4. The molecule has 0 saturated carbocycles. The number of hydrogen-bond donors (Lipinski definition) is 6. The number of fused-ring (bicyclic) bond motifs is 1. The van der Waals surface area contributed by atoms with Crippen LogP contribution in [0.2, 0.25) is 0 Å². The maximum absolute atomic E-state index is 12.1. The van der Waals surface area contributed by atoms with E-state index >= 15 is 0 Å². The van der Waals surface area contributed by atoms with Gasteiger partial charge in [0.25, 0.3) is 0 Å². The third-order valence-corrected chi connectivity index (χ3v) is 4.67. The van der Waals surface area contributed by atoms with Crippen molar-refractivity contribution in [3.05, 3.63) is 40.6 Å². The van der Waals surface area contributed by atoms with Crippen molar-refractivity contribution < 1.29 is 39.9 Å². The molecule has 6 N–H and O–H groups in total. The van der Waals surface area contributed by atoms with Gasteiger partial charge in [0.15, 0.2) is 17.3 Å². The second-order valence-corrected chi connectivity index (χ2v) is 7.21. The highest BCUT2D eigenvalue weighted by molar-refractivity contribution is 5.88. The van der Waals surface area contributed by atoms with Gasteiger partial charge in [-0.15, -0.1) is 0 Å². The number of carboxylic acid groups (broad SMARTS) is 1. The van der Waals surface area contributed by atoms with E-state index in [1.807, 2.05) is 0 Å². The molecule has 0 amide bonds. The minimum atomic E-state index is -0.888. The summed E-state index contributed by atoms with van der Waals surface area (Å²) in [6, 6.07) is 5.64. The molecule has 0 bridgehead atoms. The summed E-state index contributed by atoms with van der Waals surface area (Å²) in [5.74, 6) is -3.38. The van der Waals surface area contributed by atoms with Crippen LogP contribution in [0.25, 0.3) is 22.3 Å². The van der Waals surface area contributed by atoms with Gasteiger partial charge in [0, 0.05) is 24.1 Å². The van der Waals surface area contributed by atoms with Crippen LogP contribution in [-0.2, 0) is 4.79 Å². The Morgan fingerprint density at radius 3 is 2.19 bits per heavy atom. The van der Waals surface area contributed by atoms with Crippen LogP contribution in [0, 0.1) is 0 Å². The zero-order valence-corrected chi connectivity index (χ0v) is 17.5. The average molecular weight is 446 g/mol. The van der Waals surface area contributed by atoms with E-state index in [0.29, 0.717) is 6.42 Å². The number of carbonyl (C=O) groups is 1. The van der Waals surface area contributed by atoms with Gasteiger partial charge in [-0.2, -0.15) is 0 Å². The zero-order valence-electron chi connectivity index (χ0n) is 17.5. The van der Waals surface area contributed by atoms with Crippen molar-refractivity contribution in [3.63, 3.8) is 0 Å². The van der Waals surface area contributed by atoms with Gasteiger partial charge in [0.1, 0.15) is 22.5 Å². The third-order valence-electron chi connectivity index (χ3n) is 4.67. The molecule has 32 heavy (non-hydrogen) atoms. The average Bonchev–Trinajstić information content (AvgIpc) is 2.72. The maximum atomic E-state index is 12.1. The van der Waals surface area contributed by atoms with Crippen molar-refractivity contribution in [1.29, 1.82) is 0 Å². The molecule has 9 heteroatoms. The van der Waals surface area contributed by atoms with Gasteiger partial charge < -0.3 is 35.1 Å². The van der Waals surface area contributed by atoms with Crippen LogP contribution in [0.1, 0.15) is 45.4 Å². The Hall–Kier alpha value is -3.88. The smallest absolute Gasteiger partial charge is 0.303 e. The van der Waals surface area contributed by atoms with Gasteiger partial charge in [0.2, 0.25) is 11.2 Å². The molecule has 0 aliphatic rings. The standard InChI is InChI=1S/C15H10O7.C8H16O2/c16-7-4-10(19)12-11(5-7)22-15(14(21)13(12)20)6-1-2-8(17)9(18)3-6;1-2-3-4-5-6-7-8(9)10/h1-5,16-19,21H;2-7H2,1H3,(H,9,10). The first-order valence-electron chi connectivity index (χ1n) is 10.1. The first kappa shape index (κ1) is 24.4. The number of hydrogen-bond acceptors (Lipinski definition) is 8. The largest absolute Gasteiger partial charge is 0.508 e. The Labute approximate surface area is 183 Å². The van der Waals surface area contributed by atoms with Crippen LogP contribution in [0.5, 0.6) is 28.7 Å². The summed E-state index contributed by atoms with van der Waals surface area (Å²) in [5, 5.41) is 55.9. The Kier molecular flexibility index (Phi) is 8.34. The zero-order chi connectivity index (χ0) is 23.8. The molecule has 9 nitrogen and oxygen atoms in total. The molecule has 0 unspecified atom stereocenters. The molecule has 3 aromatic rings. The second kappa shape index (κ2) is 10.9. The molecular weight excluding hydrogens is 420 g/mol. The molecule has 1 aromatic heterocycles. The molecular formula is C23H26O9. The number of aromatic hydroxyl groups is 5. The van der Waals surface area contributed by atoms with E-state index in [1.165, 1.54) is 25.3 Å². The minimum Gasteiger partial charge on any atom is -0.508 e. The number of aliphatic carboxylic acids is 1. The summed E-state index contributed by atoms with van der Waals surface area (Å²) < 4.78 is 5.35. The Bertz CT molecular complexity index is 1150. The first-order valence-corrected chi connectivity index (χ1v) is 10.1. The number of phenolic OH excluding ortho intramolecular Hbond substituents is 4. The summed E-state index contributed by atoms with van der Waals surface area (Å²) in [6.45, 7) is 2.15. The van der Waals surface area contributed by atoms with Crippen LogP contribution in [0.4, 0.5) is 0 Å². The quantitative estimate of drug-likeness (QED) is 0.227. The van der Waals surface area contributed by atoms with Crippen molar-refractivity contribution in [2.75, 3.05) is 0 Å². The predicted octanol–water partition coefficient (Wildman–Crippen LogP) is 4.42. The number of benzene rings is 2. The lowest BCUT2D eigenvalue weighted by atomic mass is 10.1. The number of carboxylic acids is 1. The Morgan fingerprint density at radius 2 is 1.56 bits per heavy atom.